The molecule has 2 aromatic carbocycles. The van der Waals surface area contributed by atoms with E-state index in [9.17, 15) is 4.79 Å². The van der Waals surface area contributed by atoms with Crippen LogP contribution in [0.1, 0.15) is 69.2 Å². The van der Waals surface area contributed by atoms with Gasteiger partial charge in [0.05, 0.1) is 12.7 Å². The number of rotatable bonds is 9. The standard InChI is InChI=1S/C26H34N2O3S/c1-3-19(2)31-24-11-7-10-21(18-24)25(29)28-26(32)27-22-12-14-23(15-13-22)30-17-16-20-8-5-4-6-9-20/h7,10-15,18-20H,3-6,8-9,16-17H2,1-2H3,(H2,27,28,29,32). The van der Waals surface area contributed by atoms with Gasteiger partial charge in [0.25, 0.3) is 5.91 Å². The molecule has 2 aromatic rings. The van der Waals surface area contributed by atoms with Gasteiger partial charge < -0.3 is 14.8 Å². The first-order valence-electron chi connectivity index (χ1n) is 11.7. The second-order valence-electron chi connectivity index (χ2n) is 8.44. The van der Waals surface area contributed by atoms with Gasteiger partial charge in [-0.2, -0.15) is 0 Å². The molecule has 6 heteroatoms. The minimum atomic E-state index is -0.278. The van der Waals surface area contributed by atoms with Crippen LogP contribution in [0.3, 0.4) is 0 Å². The molecule has 0 aromatic heterocycles. The number of thiocarbonyl (C=S) groups is 1. The molecule has 172 valence electrons. The Morgan fingerprint density at radius 1 is 1.09 bits per heavy atom. The predicted molar refractivity (Wildman–Crippen MR) is 134 cm³/mol. The van der Waals surface area contributed by atoms with Crippen molar-refractivity contribution >= 4 is 28.9 Å². The Morgan fingerprint density at radius 3 is 2.56 bits per heavy atom. The molecule has 1 fully saturated rings. The zero-order valence-electron chi connectivity index (χ0n) is 19.1. The van der Waals surface area contributed by atoms with Crippen molar-refractivity contribution in [3.63, 3.8) is 0 Å². The van der Waals surface area contributed by atoms with Gasteiger partial charge >= 0.3 is 0 Å². The predicted octanol–water partition coefficient (Wildman–Crippen LogP) is 6.34. The highest BCUT2D eigenvalue weighted by Crippen LogP contribution is 2.26. The Hall–Kier alpha value is -2.60. The number of carbonyl (C=O) groups is 1. The van der Waals surface area contributed by atoms with Crippen molar-refractivity contribution in [3.8, 4) is 11.5 Å². The fourth-order valence-electron chi connectivity index (χ4n) is 3.82. The summed E-state index contributed by atoms with van der Waals surface area (Å²) in [6, 6.07) is 14.7. The molecule has 2 N–H and O–H groups in total. The Kier molecular flexibility index (Phi) is 9.35. The third kappa shape index (κ3) is 7.83. The highest BCUT2D eigenvalue weighted by molar-refractivity contribution is 7.80. The van der Waals surface area contributed by atoms with Gasteiger partial charge in [-0.3, -0.25) is 10.1 Å². The van der Waals surface area contributed by atoms with Crippen LogP contribution >= 0.6 is 12.2 Å². The van der Waals surface area contributed by atoms with Crippen molar-refractivity contribution in [2.75, 3.05) is 11.9 Å². The third-order valence-corrected chi connectivity index (χ3v) is 6.07. The highest BCUT2D eigenvalue weighted by atomic mass is 32.1. The summed E-state index contributed by atoms with van der Waals surface area (Å²) in [5, 5.41) is 6.01. The summed E-state index contributed by atoms with van der Waals surface area (Å²) < 4.78 is 11.7. The van der Waals surface area contributed by atoms with Crippen LogP contribution in [0.5, 0.6) is 11.5 Å². The minimum Gasteiger partial charge on any atom is -0.494 e. The van der Waals surface area contributed by atoms with E-state index in [-0.39, 0.29) is 17.1 Å². The Balaban J connectivity index is 1.44. The SMILES string of the molecule is CCC(C)Oc1cccc(C(=O)NC(=S)Nc2ccc(OCCC3CCCCC3)cc2)c1. The molecule has 0 aliphatic heterocycles. The molecule has 0 saturated heterocycles. The molecule has 5 nitrogen and oxygen atoms in total. The maximum absolute atomic E-state index is 12.5. The molecule has 1 unspecified atom stereocenters. The molecule has 3 rings (SSSR count). The van der Waals surface area contributed by atoms with Crippen LogP contribution in [-0.4, -0.2) is 23.7 Å². The van der Waals surface area contributed by atoms with Crippen LogP contribution in [0.2, 0.25) is 0 Å². The number of hydrogen-bond donors (Lipinski definition) is 2. The van der Waals surface area contributed by atoms with E-state index < -0.39 is 0 Å². The number of nitrogens with one attached hydrogen (secondary N) is 2. The normalized spacial score (nSPS) is 14.9. The summed E-state index contributed by atoms with van der Waals surface area (Å²) in [5.74, 6) is 2.05. The van der Waals surface area contributed by atoms with Crippen molar-refractivity contribution in [2.45, 2.75) is 64.9 Å². The topological polar surface area (TPSA) is 59.6 Å². The second kappa shape index (κ2) is 12.4. The van der Waals surface area contributed by atoms with Crippen molar-refractivity contribution in [3.05, 3.63) is 54.1 Å². The van der Waals surface area contributed by atoms with Crippen LogP contribution in [-0.2, 0) is 0 Å². The van der Waals surface area contributed by atoms with E-state index in [0.29, 0.717) is 11.3 Å². The molecule has 1 saturated carbocycles. The smallest absolute Gasteiger partial charge is 0.257 e. The van der Waals surface area contributed by atoms with Crippen LogP contribution in [0, 0.1) is 5.92 Å². The summed E-state index contributed by atoms with van der Waals surface area (Å²) in [7, 11) is 0. The molecule has 1 atom stereocenters. The molecule has 0 spiro atoms. The quantitative estimate of drug-likeness (QED) is 0.433. The van der Waals surface area contributed by atoms with Gasteiger partial charge in [0.1, 0.15) is 11.5 Å². The lowest BCUT2D eigenvalue weighted by Gasteiger charge is -2.21. The maximum Gasteiger partial charge on any atom is 0.257 e. The van der Waals surface area contributed by atoms with E-state index in [0.717, 1.165) is 36.8 Å². The Morgan fingerprint density at radius 2 is 1.84 bits per heavy atom. The average molecular weight is 455 g/mol. The molecule has 1 aliphatic carbocycles. The summed E-state index contributed by atoms with van der Waals surface area (Å²) in [6.07, 6.45) is 8.89. The molecule has 0 bridgehead atoms. The van der Waals surface area contributed by atoms with Crippen molar-refractivity contribution in [1.29, 1.82) is 0 Å². The molecule has 0 radical (unpaired) electrons. The molecule has 1 amide bonds. The summed E-state index contributed by atoms with van der Waals surface area (Å²) >= 11 is 5.30. The monoisotopic (exact) mass is 454 g/mol. The summed E-state index contributed by atoms with van der Waals surface area (Å²) in [6.45, 7) is 4.81. The number of carbonyl (C=O) groups excluding carboxylic acids is 1. The first-order valence-corrected chi connectivity index (χ1v) is 12.1. The van der Waals surface area contributed by atoms with Gasteiger partial charge in [0.15, 0.2) is 5.11 Å². The van der Waals surface area contributed by atoms with E-state index in [1.807, 2.05) is 37.3 Å². The van der Waals surface area contributed by atoms with Gasteiger partial charge in [-0.05, 0) is 80.4 Å². The van der Waals surface area contributed by atoms with Gasteiger partial charge in [0.2, 0.25) is 0 Å². The second-order valence-corrected chi connectivity index (χ2v) is 8.85. The fraction of sp³-hybridized carbons (Fsp3) is 0.462. The first kappa shape index (κ1) is 24.1. The van der Waals surface area contributed by atoms with Crippen LogP contribution in [0.25, 0.3) is 0 Å². The number of amides is 1. The fourth-order valence-corrected chi connectivity index (χ4v) is 4.03. The number of anilines is 1. The average Bonchev–Trinajstić information content (AvgIpc) is 2.81. The number of hydrogen-bond acceptors (Lipinski definition) is 4. The lowest BCUT2D eigenvalue weighted by molar-refractivity contribution is 0.0977. The van der Waals surface area contributed by atoms with Crippen LogP contribution in [0.15, 0.2) is 48.5 Å². The van der Waals surface area contributed by atoms with Gasteiger partial charge in [0, 0.05) is 11.3 Å². The number of benzene rings is 2. The summed E-state index contributed by atoms with van der Waals surface area (Å²) in [5.41, 5.74) is 1.29. The molecular weight excluding hydrogens is 420 g/mol. The third-order valence-electron chi connectivity index (χ3n) is 5.87. The van der Waals surface area contributed by atoms with Gasteiger partial charge in [-0.25, -0.2) is 0 Å². The van der Waals surface area contributed by atoms with Crippen LogP contribution in [0.4, 0.5) is 5.69 Å². The minimum absolute atomic E-state index is 0.0928. The van der Waals surface area contributed by atoms with E-state index in [1.165, 1.54) is 32.1 Å². The lowest BCUT2D eigenvalue weighted by Crippen LogP contribution is -2.34. The number of ether oxygens (including phenoxy) is 2. The van der Waals surface area contributed by atoms with E-state index in [4.69, 9.17) is 21.7 Å². The van der Waals surface area contributed by atoms with Crippen LogP contribution < -0.4 is 20.1 Å². The zero-order valence-corrected chi connectivity index (χ0v) is 19.9. The van der Waals surface area contributed by atoms with Crippen molar-refractivity contribution in [2.24, 2.45) is 5.92 Å². The molecule has 0 heterocycles. The van der Waals surface area contributed by atoms with Gasteiger partial charge in [-0.1, -0.05) is 45.1 Å². The Bertz CT molecular complexity index is 879. The zero-order chi connectivity index (χ0) is 22.8. The van der Waals surface area contributed by atoms with Crippen molar-refractivity contribution in [1.82, 2.24) is 5.32 Å². The first-order chi connectivity index (χ1) is 15.5. The maximum atomic E-state index is 12.5. The van der Waals surface area contributed by atoms with E-state index in [2.05, 4.69) is 17.6 Å². The van der Waals surface area contributed by atoms with E-state index >= 15 is 0 Å². The van der Waals surface area contributed by atoms with Crippen molar-refractivity contribution < 1.29 is 14.3 Å². The molecule has 1 aliphatic rings. The molecule has 32 heavy (non-hydrogen) atoms. The molecular formula is C26H34N2O3S. The highest BCUT2D eigenvalue weighted by Gasteiger charge is 2.13. The lowest BCUT2D eigenvalue weighted by atomic mass is 9.87. The largest absolute Gasteiger partial charge is 0.494 e. The Labute approximate surface area is 196 Å². The summed E-state index contributed by atoms with van der Waals surface area (Å²) in [4.78, 5) is 12.5. The van der Waals surface area contributed by atoms with E-state index in [1.54, 1.807) is 18.2 Å². The van der Waals surface area contributed by atoms with Gasteiger partial charge in [-0.15, -0.1) is 0 Å².